The van der Waals surface area contributed by atoms with Crippen LogP contribution in [0.25, 0.3) is 0 Å². The molecule has 0 bridgehead atoms. The summed E-state index contributed by atoms with van der Waals surface area (Å²) in [7, 11) is 0. The van der Waals surface area contributed by atoms with Gasteiger partial charge in [-0.15, -0.1) is 0 Å². The smallest absolute Gasteiger partial charge is 0.0154 e. The molecule has 0 radical (unpaired) electrons. The summed E-state index contributed by atoms with van der Waals surface area (Å²) >= 11 is 0. The standard InChI is InChI=1S/C7H16N2/c1-6-3-7(2)5-9(8)4-6/h6-7H,3-5,8H2,1-2H3/t6-,7?/m1/s1. The molecule has 0 spiro atoms. The first-order chi connectivity index (χ1) is 4.18. The van der Waals surface area contributed by atoms with Crippen molar-refractivity contribution >= 4 is 0 Å². The third-order valence-electron chi connectivity index (χ3n) is 1.90. The van der Waals surface area contributed by atoms with E-state index < -0.39 is 0 Å². The van der Waals surface area contributed by atoms with E-state index in [1.807, 2.05) is 5.01 Å². The predicted octanol–water partition coefficient (Wildman–Crippen LogP) is 0.838. The minimum absolute atomic E-state index is 0.791. The number of rotatable bonds is 0. The van der Waals surface area contributed by atoms with Gasteiger partial charge in [0.2, 0.25) is 0 Å². The molecule has 1 aliphatic rings. The summed E-state index contributed by atoms with van der Waals surface area (Å²) < 4.78 is 0. The van der Waals surface area contributed by atoms with E-state index in [2.05, 4.69) is 13.8 Å². The normalized spacial score (nSPS) is 39.0. The number of hydrogen-bond acceptors (Lipinski definition) is 2. The van der Waals surface area contributed by atoms with Crippen LogP contribution < -0.4 is 5.84 Å². The molecule has 2 N–H and O–H groups in total. The zero-order valence-corrected chi connectivity index (χ0v) is 6.30. The lowest BCUT2D eigenvalue weighted by Crippen LogP contribution is -2.43. The highest BCUT2D eigenvalue weighted by Crippen LogP contribution is 2.17. The average molecular weight is 128 g/mol. The van der Waals surface area contributed by atoms with E-state index in [1.165, 1.54) is 6.42 Å². The Morgan fingerprint density at radius 2 is 1.67 bits per heavy atom. The maximum Gasteiger partial charge on any atom is 0.0154 e. The van der Waals surface area contributed by atoms with Crippen LogP contribution in [0.5, 0.6) is 0 Å². The molecule has 0 aromatic heterocycles. The molecule has 1 aliphatic heterocycles. The molecule has 2 nitrogen and oxygen atoms in total. The first-order valence-corrected chi connectivity index (χ1v) is 3.68. The van der Waals surface area contributed by atoms with Gasteiger partial charge >= 0.3 is 0 Å². The summed E-state index contributed by atoms with van der Waals surface area (Å²) in [5, 5.41) is 1.93. The van der Waals surface area contributed by atoms with Gasteiger partial charge in [-0.3, -0.25) is 5.84 Å². The van der Waals surface area contributed by atoms with Crippen LogP contribution in [0.3, 0.4) is 0 Å². The molecule has 1 rings (SSSR count). The Balaban J connectivity index is 2.34. The maximum atomic E-state index is 5.65. The molecule has 2 heteroatoms. The van der Waals surface area contributed by atoms with Crippen molar-refractivity contribution in [3.8, 4) is 0 Å². The summed E-state index contributed by atoms with van der Waals surface area (Å²) in [6.07, 6.45) is 1.34. The van der Waals surface area contributed by atoms with E-state index in [-0.39, 0.29) is 0 Å². The molecule has 1 heterocycles. The third kappa shape index (κ3) is 1.95. The van der Waals surface area contributed by atoms with Gasteiger partial charge in [-0.1, -0.05) is 13.8 Å². The molecular weight excluding hydrogens is 112 g/mol. The van der Waals surface area contributed by atoms with Crippen molar-refractivity contribution < 1.29 is 0 Å². The predicted molar refractivity (Wildman–Crippen MR) is 38.7 cm³/mol. The van der Waals surface area contributed by atoms with Crippen LogP contribution in [0, 0.1) is 11.8 Å². The average Bonchev–Trinajstić information content (AvgIpc) is 1.59. The van der Waals surface area contributed by atoms with Gasteiger partial charge in [0.15, 0.2) is 0 Å². The van der Waals surface area contributed by atoms with Crippen molar-refractivity contribution in [1.29, 1.82) is 0 Å². The SMILES string of the molecule is CC1C[C@@H](C)CN(N)C1. The molecular formula is C7H16N2. The van der Waals surface area contributed by atoms with Crippen molar-refractivity contribution in [3.63, 3.8) is 0 Å². The Hall–Kier alpha value is -0.0800. The molecule has 0 aromatic rings. The Kier molecular flexibility index (Phi) is 2.09. The van der Waals surface area contributed by atoms with Crippen LogP contribution in [0.2, 0.25) is 0 Å². The molecule has 2 atom stereocenters. The van der Waals surface area contributed by atoms with Crippen LogP contribution >= 0.6 is 0 Å². The highest BCUT2D eigenvalue weighted by Gasteiger charge is 2.18. The lowest BCUT2D eigenvalue weighted by atomic mass is 9.93. The van der Waals surface area contributed by atoms with Crippen molar-refractivity contribution in [2.24, 2.45) is 17.7 Å². The van der Waals surface area contributed by atoms with Crippen molar-refractivity contribution in [2.45, 2.75) is 20.3 Å². The van der Waals surface area contributed by atoms with Gasteiger partial charge in [-0.2, -0.15) is 0 Å². The Morgan fingerprint density at radius 1 is 1.22 bits per heavy atom. The van der Waals surface area contributed by atoms with Crippen molar-refractivity contribution in [2.75, 3.05) is 13.1 Å². The third-order valence-corrected chi connectivity index (χ3v) is 1.90. The van der Waals surface area contributed by atoms with Crippen molar-refractivity contribution in [3.05, 3.63) is 0 Å². The fraction of sp³-hybridized carbons (Fsp3) is 1.00. The van der Waals surface area contributed by atoms with Crippen LogP contribution in [0.1, 0.15) is 20.3 Å². The minimum atomic E-state index is 0.791. The van der Waals surface area contributed by atoms with E-state index in [1.54, 1.807) is 0 Å². The van der Waals surface area contributed by atoms with Gasteiger partial charge in [0.25, 0.3) is 0 Å². The van der Waals surface area contributed by atoms with Gasteiger partial charge in [0, 0.05) is 13.1 Å². The Morgan fingerprint density at radius 3 is 2.00 bits per heavy atom. The zero-order valence-electron chi connectivity index (χ0n) is 6.30. The number of nitrogens with two attached hydrogens (primary N) is 1. The second-order valence-electron chi connectivity index (χ2n) is 3.40. The number of hydrogen-bond donors (Lipinski definition) is 1. The van der Waals surface area contributed by atoms with E-state index in [0.29, 0.717) is 0 Å². The summed E-state index contributed by atoms with van der Waals surface area (Å²) in [6.45, 7) is 6.67. The summed E-state index contributed by atoms with van der Waals surface area (Å²) in [6, 6.07) is 0. The molecule has 0 aromatic carbocycles. The molecule has 54 valence electrons. The number of piperidine rings is 1. The molecule has 0 saturated carbocycles. The van der Waals surface area contributed by atoms with Crippen LogP contribution in [-0.4, -0.2) is 18.1 Å². The maximum absolute atomic E-state index is 5.65. The van der Waals surface area contributed by atoms with Gasteiger partial charge in [0.05, 0.1) is 0 Å². The largest absolute Gasteiger partial charge is 0.269 e. The zero-order chi connectivity index (χ0) is 6.85. The summed E-state index contributed by atoms with van der Waals surface area (Å²) in [4.78, 5) is 0. The second kappa shape index (κ2) is 2.67. The fourth-order valence-corrected chi connectivity index (χ4v) is 1.71. The molecule has 0 aliphatic carbocycles. The molecule has 1 unspecified atom stereocenters. The van der Waals surface area contributed by atoms with Gasteiger partial charge in [-0.25, -0.2) is 5.01 Å². The Bertz CT molecular complexity index is 67.9. The summed E-state index contributed by atoms with van der Waals surface area (Å²) in [5.41, 5.74) is 0. The highest BCUT2D eigenvalue weighted by molar-refractivity contribution is 4.70. The van der Waals surface area contributed by atoms with E-state index in [9.17, 15) is 0 Å². The van der Waals surface area contributed by atoms with Crippen LogP contribution in [-0.2, 0) is 0 Å². The highest BCUT2D eigenvalue weighted by atomic mass is 15.4. The van der Waals surface area contributed by atoms with E-state index in [0.717, 1.165) is 24.9 Å². The number of nitrogens with zero attached hydrogens (tertiary/aromatic N) is 1. The monoisotopic (exact) mass is 128 g/mol. The van der Waals surface area contributed by atoms with Crippen molar-refractivity contribution in [1.82, 2.24) is 5.01 Å². The summed E-state index contributed by atoms with van der Waals surface area (Å²) in [5.74, 6) is 7.23. The van der Waals surface area contributed by atoms with Gasteiger partial charge in [-0.05, 0) is 18.3 Å². The lowest BCUT2D eigenvalue weighted by molar-refractivity contribution is 0.143. The van der Waals surface area contributed by atoms with Crippen LogP contribution in [0.15, 0.2) is 0 Å². The Labute approximate surface area is 57.0 Å². The van der Waals surface area contributed by atoms with E-state index >= 15 is 0 Å². The number of hydrazine groups is 1. The first kappa shape index (κ1) is 7.03. The van der Waals surface area contributed by atoms with Crippen LogP contribution in [0.4, 0.5) is 0 Å². The molecule has 9 heavy (non-hydrogen) atoms. The second-order valence-corrected chi connectivity index (χ2v) is 3.40. The molecule has 1 fully saturated rings. The minimum Gasteiger partial charge on any atom is -0.269 e. The van der Waals surface area contributed by atoms with Gasteiger partial charge in [0.1, 0.15) is 0 Å². The first-order valence-electron chi connectivity index (χ1n) is 3.68. The molecule has 0 amide bonds. The quantitative estimate of drug-likeness (QED) is 0.490. The lowest BCUT2D eigenvalue weighted by Gasteiger charge is -2.31. The van der Waals surface area contributed by atoms with Gasteiger partial charge < -0.3 is 0 Å². The molecule has 1 saturated heterocycles. The fourth-order valence-electron chi connectivity index (χ4n) is 1.71. The topological polar surface area (TPSA) is 29.3 Å². The van der Waals surface area contributed by atoms with E-state index in [4.69, 9.17) is 5.84 Å².